The molecule has 1 nitrogen and oxygen atoms in total. The third-order valence-electron chi connectivity index (χ3n) is 4.18. The van der Waals surface area contributed by atoms with Crippen molar-refractivity contribution in [3.05, 3.63) is 0 Å². The molecule has 0 aromatic carbocycles. The van der Waals surface area contributed by atoms with Crippen molar-refractivity contribution in [2.45, 2.75) is 96.8 Å². The van der Waals surface area contributed by atoms with Crippen molar-refractivity contribution in [3.63, 3.8) is 0 Å². The number of hydrogen-bond acceptors (Lipinski definition) is 0. The topological polar surface area (TPSA) is 0 Å². The van der Waals surface area contributed by atoms with Crippen LogP contribution in [-0.4, -0.2) is 32.2 Å². The van der Waals surface area contributed by atoms with Crippen molar-refractivity contribution in [2.24, 2.45) is 0 Å². The van der Waals surface area contributed by atoms with Crippen LogP contribution >= 0.6 is 7.81 Å². The zero-order valence-electron chi connectivity index (χ0n) is 17.8. The summed E-state index contributed by atoms with van der Waals surface area (Å²) in [4.78, 5) is 0. The maximum atomic E-state index is 9.87. The summed E-state index contributed by atoms with van der Waals surface area (Å²) < 4.78 is 60.3. The van der Waals surface area contributed by atoms with Gasteiger partial charge in [0, 0.05) is 0 Å². The molecule has 0 radical (unpaired) electrons. The van der Waals surface area contributed by atoms with Crippen LogP contribution in [0.25, 0.3) is 0 Å². The Morgan fingerprint density at radius 2 is 0.704 bits per heavy atom. The summed E-state index contributed by atoms with van der Waals surface area (Å²) in [6.07, 6.45) is 20.4. The minimum absolute atomic E-state index is 1.12. The molecule has 0 spiro atoms. The first-order valence-electron chi connectivity index (χ1n) is 10.4. The second-order valence-corrected chi connectivity index (χ2v) is 10.5. The van der Waals surface area contributed by atoms with E-state index in [9.17, 15) is 25.2 Å². The summed E-state index contributed by atoms with van der Waals surface area (Å²) >= 11 is 0. The molecule has 0 fully saturated rings. The van der Waals surface area contributed by atoms with Gasteiger partial charge in [0.05, 0.1) is 27.7 Å². The van der Waals surface area contributed by atoms with Crippen LogP contribution in [-0.2, 0) is 0 Å². The van der Waals surface area contributed by atoms with E-state index in [0.29, 0.717) is 0 Å². The minimum atomic E-state index is -10.7. The van der Waals surface area contributed by atoms with E-state index in [1.54, 1.807) is 0 Å². The van der Waals surface area contributed by atoms with E-state index in [4.69, 9.17) is 0 Å². The first-order valence-corrected chi connectivity index (χ1v) is 12.4. The van der Waals surface area contributed by atoms with E-state index in [1.165, 1.54) is 96.4 Å². The normalized spacial score (nSPS) is 14.9. The zero-order chi connectivity index (χ0) is 21.5. The molecule has 0 unspecified atom stereocenters. The fourth-order valence-corrected chi connectivity index (χ4v) is 2.78. The van der Waals surface area contributed by atoms with Crippen molar-refractivity contribution in [1.29, 1.82) is 0 Å². The average molecular weight is 430 g/mol. The molecule has 0 bridgehead atoms. The molecule has 0 heterocycles. The summed E-state index contributed by atoms with van der Waals surface area (Å²) in [6.45, 7) is 3.63. The standard InChI is InChI=1S/C19H42N.F6P/c1-5-6-7-8-9-10-11-12-13-14-15-16-17-18-19-20(2,3)4;1-7(2,3,4,5)6/h5-19H2,1-4H3;/q+1;-1. The molecule has 0 saturated carbocycles. The van der Waals surface area contributed by atoms with Gasteiger partial charge in [-0.2, -0.15) is 0 Å². The van der Waals surface area contributed by atoms with Gasteiger partial charge in [0.1, 0.15) is 0 Å². The summed E-state index contributed by atoms with van der Waals surface area (Å²) in [5, 5.41) is 0. The molecule has 170 valence electrons. The van der Waals surface area contributed by atoms with Crippen molar-refractivity contribution >= 4 is 7.81 Å². The van der Waals surface area contributed by atoms with E-state index >= 15 is 0 Å². The molecular weight excluding hydrogens is 387 g/mol. The molecule has 0 aliphatic rings. The molecule has 0 rings (SSSR count). The number of unbranched alkanes of at least 4 members (excludes halogenated alkanes) is 13. The molecule has 0 atom stereocenters. The van der Waals surface area contributed by atoms with Gasteiger partial charge in [0.2, 0.25) is 0 Å². The van der Waals surface area contributed by atoms with Gasteiger partial charge < -0.3 is 4.48 Å². The van der Waals surface area contributed by atoms with Crippen molar-refractivity contribution in [3.8, 4) is 0 Å². The van der Waals surface area contributed by atoms with E-state index in [1.807, 2.05) is 0 Å². The predicted molar refractivity (Wildman–Crippen MR) is 107 cm³/mol. The number of hydrogen-bond donors (Lipinski definition) is 0. The first-order chi connectivity index (χ1) is 12.0. The van der Waals surface area contributed by atoms with Gasteiger partial charge in [0.15, 0.2) is 0 Å². The summed E-state index contributed by atoms with van der Waals surface area (Å²) in [5.74, 6) is 0. The number of rotatable bonds is 15. The van der Waals surface area contributed by atoms with Crippen LogP contribution in [0.3, 0.4) is 0 Å². The monoisotopic (exact) mass is 429 g/mol. The molecule has 0 N–H and O–H groups in total. The number of quaternary nitrogens is 1. The first kappa shape index (κ1) is 29.2. The van der Waals surface area contributed by atoms with Crippen LogP contribution in [0.5, 0.6) is 0 Å². The van der Waals surface area contributed by atoms with Crippen molar-refractivity contribution in [1.82, 2.24) is 0 Å². The predicted octanol–water partition coefficient (Wildman–Crippen LogP) is 9.56. The van der Waals surface area contributed by atoms with Gasteiger partial charge in [-0.15, -0.1) is 0 Å². The van der Waals surface area contributed by atoms with E-state index in [2.05, 4.69) is 28.1 Å². The van der Waals surface area contributed by atoms with Crippen LogP contribution in [0.15, 0.2) is 0 Å². The fourth-order valence-electron chi connectivity index (χ4n) is 2.78. The Kier molecular flexibility index (Phi) is 13.5. The Morgan fingerprint density at radius 1 is 0.481 bits per heavy atom. The molecule has 0 aromatic heterocycles. The van der Waals surface area contributed by atoms with E-state index in [0.717, 1.165) is 4.48 Å². The number of halogens is 6. The Bertz CT molecular complexity index is 336. The van der Waals surface area contributed by atoms with Crippen LogP contribution < -0.4 is 0 Å². The average Bonchev–Trinajstić information content (AvgIpc) is 2.43. The maximum absolute atomic E-state index is 10.7. The fraction of sp³-hybridized carbons (Fsp3) is 1.00. The van der Waals surface area contributed by atoms with Gasteiger partial charge in [-0.25, -0.2) is 0 Å². The molecule has 0 aliphatic heterocycles. The molecule has 0 saturated heterocycles. The Balaban J connectivity index is 0. The van der Waals surface area contributed by atoms with Gasteiger partial charge in [-0.3, -0.25) is 0 Å². The van der Waals surface area contributed by atoms with Crippen molar-refractivity contribution in [2.75, 3.05) is 27.7 Å². The summed E-state index contributed by atoms with van der Waals surface area (Å²) in [6, 6.07) is 0. The number of nitrogens with zero attached hydrogens (tertiary/aromatic N) is 1. The van der Waals surface area contributed by atoms with Crippen LogP contribution in [0, 0.1) is 0 Å². The van der Waals surface area contributed by atoms with Gasteiger partial charge >= 0.3 is 33.0 Å². The molecule has 27 heavy (non-hydrogen) atoms. The van der Waals surface area contributed by atoms with Crippen LogP contribution in [0.1, 0.15) is 96.8 Å². The molecular formula is C19H42F6NP. The Labute approximate surface area is 162 Å². The third-order valence-corrected chi connectivity index (χ3v) is 4.18. The quantitative estimate of drug-likeness (QED) is 0.105. The second-order valence-electron chi connectivity index (χ2n) is 8.57. The van der Waals surface area contributed by atoms with Gasteiger partial charge in [0.25, 0.3) is 0 Å². The van der Waals surface area contributed by atoms with E-state index < -0.39 is 7.81 Å². The van der Waals surface area contributed by atoms with Gasteiger partial charge in [-0.05, 0) is 12.8 Å². The summed E-state index contributed by atoms with van der Waals surface area (Å²) in [5.41, 5.74) is 0. The Hall–Kier alpha value is -0.0300. The zero-order valence-corrected chi connectivity index (χ0v) is 18.7. The van der Waals surface area contributed by atoms with Gasteiger partial charge in [-0.1, -0.05) is 84.0 Å². The second kappa shape index (κ2) is 12.5. The molecule has 0 aliphatic carbocycles. The van der Waals surface area contributed by atoms with Crippen molar-refractivity contribution < 1.29 is 29.7 Å². The molecule has 0 aromatic rings. The van der Waals surface area contributed by atoms with Crippen LogP contribution in [0.4, 0.5) is 25.2 Å². The Morgan fingerprint density at radius 3 is 0.926 bits per heavy atom. The SMILES string of the molecule is CCCCCCCCCCCCCCCC[N+](C)(C)C.F[P-](F)(F)(F)(F)F. The molecule has 8 heteroatoms. The van der Waals surface area contributed by atoms with E-state index in [-0.39, 0.29) is 0 Å². The summed E-state index contributed by atoms with van der Waals surface area (Å²) in [7, 11) is -3.78. The third kappa shape index (κ3) is 51.8. The van der Waals surface area contributed by atoms with Crippen LogP contribution in [0.2, 0.25) is 0 Å². The molecule has 0 amide bonds.